The summed E-state index contributed by atoms with van der Waals surface area (Å²) < 4.78 is 7.41. The molecule has 4 heteroatoms. The lowest BCUT2D eigenvalue weighted by Gasteiger charge is -2.34. The van der Waals surface area contributed by atoms with Gasteiger partial charge in [-0.1, -0.05) is 182 Å². The van der Waals surface area contributed by atoms with Crippen LogP contribution in [0.15, 0.2) is 249 Å². The average molecular weight is 832 g/mol. The molecule has 13 aromatic rings. The van der Waals surface area contributed by atoms with Crippen LogP contribution in [0.5, 0.6) is 0 Å². The molecule has 13 rings (SSSR count). The van der Waals surface area contributed by atoms with Crippen LogP contribution >= 0.6 is 0 Å². The van der Waals surface area contributed by atoms with Gasteiger partial charge in [-0.15, -0.1) is 0 Å². The molecule has 0 saturated carbocycles. The average Bonchev–Trinajstić information content (AvgIpc) is 4.01. The largest absolute Gasteiger partial charge is 0.309 e. The standard InChI is InChI=1S/C60H41N3Si/c1-5-20-42(21-6-1)63-55-34-17-13-30-49(55)51-37-39-58-59(60(51)63)52-32-15-18-35-56(52)62(58)44-36-38-57-53(41-44)50-31-14-16-33-54(50)61(57)43-22-19-29-48(40-43)64(45-23-7-2-8-24-45,46-25-9-3-10-26-46)47-27-11-4-12-28-47/h1-41H. The van der Waals surface area contributed by atoms with E-state index in [4.69, 9.17) is 0 Å². The molecule has 0 atom stereocenters. The van der Waals surface area contributed by atoms with Gasteiger partial charge >= 0.3 is 0 Å². The summed E-state index contributed by atoms with van der Waals surface area (Å²) in [6, 6.07) is 92.1. The molecule has 0 spiro atoms. The first-order chi connectivity index (χ1) is 31.8. The van der Waals surface area contributed by atoms with Crippen LogP contribution in [0.3, 0.4) is 0 Å². The highest BCUT2D eigenvalue weighted by Gasteiger charge is 2.41. The van der Waals surface area contributed by atoms with Crippen molar-refractivity contribution >= 4 is 94.2 Å². The molecule has 0 amide bonds. The van der Waals surface area contributed by atoms with Gasteiger partial charge in [0.2, 0.25) is 0 Å². The molecule has 0 bridgehead atoms. The summed E-state index contributed by atoms with van der Waals surface area (Å²) in [6.07, 6.45) is 0. The third-order valence-corrected chi connectivity index (χ3v) is 18.3. The van der Waals surface area contributed by atoms with Crippen molar-refractivity contribution in [2.45, 2.75) is 0 Å². The highest BCUT2D eigenvalue weighted by molar-refractivity contribution is 7.19. The highest BCUT2D eigenvalue weighted by Crippen LogP contribution is 2.43. The Hall–Kier alpha value is -8.18. The zero-order valence-electron chi connectivity index (χ0n) is 35.0. The van der Waals surface area contributed by atoms with E-state index < -0.39 is 8.07 Å². The van der Waals surface area contributed by atoms with E-state index in [-0.39, 0.29) is 0 Å². The Labute approximate surface area is 372 Å². The van der Waals surface area contributed by atoms with E-state index in [1.54, 1.807) is 0 Å². The van der Waals surface area contributed by atoms with Crippen LogP contribution in [0.25, 0.3) is 82.5 Å². The summed E-state index contributed by atoms with van der Waals surface area (Å²) in [5.74, 6) is 0. The topological polar surface area (TPSA) is 14.8 Å². The van der Waals surface area contributed by atoms with Gasteiger partial charge < -0.3 is 13.7 Å². The summed E-state index contributed by atoms with van der Waals surface area (Å²) in [4.78, 5) is 0. The summed E-state index contributed by atoms with van der Waals surface area (Å²) in [6.45, 7) is 0. The zero-order chi connectivity index (χ0) is 42.2. The van der Waals surface area contributed by atoms with Crippen LogP contribution < -0.4 is 20.7 Å². The number of hydrogen-bond donors (Lipinski definition) is 0. The molecule has 0 fully saturated rings. The van der Waals surface area contributed by atoms with E-state index in [1.165, 1.54) is 86.2 Å². The quantitative estimate of drug-likeness (QED) is 0.112. The maximum Gasteiger partial charge on any atom is 0.179 e. The minimum absolute atomic E-state index is 1.14. The molecule has 10 aromatic carbocycles. The Morgan fingerprint density at radius 3 is 1.28 bits per heavy atom. The van der Waals surface area contributed by atoms with E-state index in [1.807, 2.05) is 0 Å². The van der Waals surface area contributed by atoms with Gasteiger partial charge in [0, 0.05) is 49.4 Å². The molecule has 3 heterocycles. The second kappa shape index (κ2) is 14.5. The minimum atomic E-state index is -2.75. The lowest BCUT2D eigenvalue weighted by Crippen LogP contribution is -2.74. The van der Waals surface area contributed by atoms with Crippen LogP contribution in [0.2, 0.25) is 0 Å². The summed E-state index contributed by atoms with van der Waals surface area (Å²) >= 11 is 0. The van der Waals surface area contributed by atoms with Gasteiger partial charge in [0.15, 0.2) is 8.07 Å². The van der Waals surface area contributed by atoms with Crippen LogP contribution in [0.1, 0.15) is 0 Å². The van der Waals surface area contributed by atoms with E-state index in [2.05, 4.69) is 262 Å². The number of aromatic nitrogens is 3. The maximum absolute atomic E-state index is 2.75. The predicted octanol–water partition coefficient (Wildman–Crippen LogP) is 12.4. The Kier molecular flexibility index (Phi) is 8.23. The molecule has 0 unspecified atom stereocenters. The first-order valence-electron chi connectivity index (χ1n) is 22.1. The van der Waals surface area contributed by atoms with Crippen molar-refractivity contribution in [3.8, 4) is 17.1 Å². The second-order valence-electron chi connectivity index (χ2n) is 16.8. The number of fused-ring (bicyclic) bond motifs is 10. The third-order valence-electron chi connectivity index (χ3n) is 13.6. The number of rotatable bonds is 7. The first-order valence-corrected chi connectivity index (χ1v) is 24.1. The lowest BCUT2D eigenvalue weighted by molar-refractivity contribution is 1.16. The van der Waals surface area contributed by atoms with Gasteiger partial charge in [-0.05, 0) is 87.5 Å². The SMILES string of the molecule is c1ccc(-n2c3ccccc3c3ccc4c(c5ccccc5n4-c4ccc5c(c4)c4ccccc4n5-c4cccc([Si](c5ccccc5)(c5ccccc5)c5ccccc5)c4)c32)cc1. The van der Waals surface area contributed by atoms with E-state index >= 15 is 0 Å². The normalized spacial score (nSPS) is 12.1. The fourth-order valence-corrected chi connectivity index (χ4v) is 15.7. The van der Waals surface area contributed by atoms with Crippen LogP contribution in [-0.2, 0) is 0 Å². The highest BCUT2D eigenvalue weighted by atomic mass is 28.3. The van der Waals surface area contributed by atoms with E-state index in [0.29, 0.717) is 0 Å². The summed E-state index contributed by atoms with van der Waals surface area (Å²) in [7, 11) is -2.75. The van der Waals surface area contributed by atoms with Crippen molar-refractivity contribution in [2.75, 3.05) is 0 Å². The van der Waals surface area contributed by atoms with Gasteiger partial charge in [-0.3, -0.25) is 0 Å². The van der Waals surface area contributed by atoms with Gasteiger partial charge in [0.25, 0.3) is 0 Å². The minimum Gasteiger partial charge on any atom is -0.309 e. The van der Waals surface area contributed by atoms with Gasteiger partial charge in [-0.2, -0.15) is 0 Å². The van der Waals surface area contributed by atoms with Gasteiger partial charge in [0.1, 0.15) is 0 Å². The van der Waals surface area contributed by atoms with Crippen molar-refractivity contribution in [1.82, 2.24) is 13.7 Å². The molecule has 0 aliphatic carbocycles. The number of nitrogens with zero attached hydrogens (tertiary/aromatic N) is 3. The van der Waals surface area contributed by atoms with Gasteiger partial charge in [-0.25, -0.2) is 0 Å². The fourth-order valence-electron chi connectivity index (χ4n) is 11.0. The monoisotopic (exact) mass is 831 g/mol. The van der Waals surface area contributed by atoms with Crippen molar-refractivity contribution in [2.24, 2.45) is 0 Å². The predicted molar refractivity (Wildman–Crippen MR) is 273 cm³/mol. The molecule has 0 aliphatic rings. The molecule has 0 saturated heterocycles. The summed E-state index contributed by atoms with van der Waals surface area (Å²) in [5.41, 5.74) is 10.7. The second-order valence-corrected chi connectivity index (χ2v) is 20.7. The molecular weight excluding hydrogens is 791 g/mol. The lowest BCUT2D eigenvalue weighted by atomic mass is 10.1. The van der Waals surface area contributed by atoms with Crippen molar-refractivity contribution < 1.29 is 0 Å². The van der Waals surface area contributed by atoms with E-state index in [0.717, 1.165) is 17.1 Å². The third kappa shape index (κ3) is 5.27. The Morgan fingerprint density at radius 1 is 0.234 bits per heavy atom. The molecule has 300 valence electrons. The molecule has 64 heavy (non-hydrogen) atoms. The molecule has 3 aromatic heterocycles. The molecule has 0 N–H and O–H groups in total. The van der Waals surface area contributed by atoms with Crippen molar-refractivity contribution in [3.05, 3.63) is 249 Å². The zero-order valence-corrected chi connectivity index (χ0v) is 36.0. The smallest absolute Gasteiger partial charge is 0.179 e. The summed E-state index contributed by atoms with van der Waals surface area (Å²) in [5, 5.41) is 12.9. The van der Waals surface area contributed by atoms with Gasteiger partial charge in [0.05, 0.1) is 33.1 Å². The molecule has 0 aliphatic heterocycles. The van der Waals surface area contributed by atoms with Crippen LogP contribution in [-0.4, -0.2) is 21.8 Å². The van der Waals surface area contributed by atoms with Crippen LogP contribution in [0, 0.1) is 0 Å². The Bertz CT molecular complexity index is 3790. The number of hydrogen-bond acceptors (Lipinski definition) is 0. The Morgan fingerprint density at radius 2 is 0.656 bits per heavy atom. The molecule has 0 radical (unpaired) electrons. The van der Waals surface area contributed by atoms with E-state index in [9.17, 15) is 0 Å². The number of para-hydroxylation sites is 4. The molecular formula is C60H41N3Si. The van der Waals surface area contributed by atoms with Crippen molar-refractivity contribution in [3.63, 3.8) is 0 Å². The maximum atomic E-state index is 2.48. The van der Waals surface area contributed by atoms with Crippen molar-refractivity contribution in [1.29, 1.82) is 0 Å². The fraction of sp³-hybridized carbons (Fsp3) is 0. The van der Waals surface area contributed by atoms with Crippen LogP contribution in [0.4, 0.5) is 0 Å². The molecule has 3 nitrogen and oxygen atoms in total. The number of benzene rings is 10. The Balaban J connectivity index is 1.05. The first kappa shape index (κ1) is 36.5.